The van der Waals surface area contributed by atoms with Crippen LogP contribution in [-0.4, -0.2) is 15.7 Å². The van der Waals surface area contributed by atoms with Crippen LogP contribution in [0.4, 0.5) is 0 Å². The molecule has 0 saturated carbocycles. The number of nitrogens with one attached hydrogen (secondary N) is 1. The maximum absolute atomic E-state index is 12.5. The number of carbonyl (C=O) groups excluding carboxylic acids is 1. The standard InChI is InChI=1S/C19H18ClN3O/c1-14-17(19(24)21-12-15-8-4-2-5-9-15)18(20)23(22-14)13-16-10-6-3-7-11-16/h2-11H,12-13H2,1H3,(H,21,24). The van der Waals surface area contributed by atoms with Gasteiger partial charge in [0, 0.05) is 6.54 Å². The van der Waals surface area contributed by atoms with E-state index in [4.69, 9.17) is 11.6 Å². The first kappa shape index (κ1) is 16.3. The molecule has 1 aromatic heterocycles. The van der Waals surface area contributed by atoms with E-state index in [1.165, 1.54) is 0 Å². The Balaban J connectivity index is 1.74. The summed E-state index contributed by atoms with van der Waals surface area (Å²) >= 11 is 6.40. The molecule has 1 heterocycles. The van der Waals surface area contributed by atoms with Gasteiger partial charge in [-0.2, -0.15) is 5.10 Å². The Morgan fingerprint density at radius 3 is 2.25 bits per heavy atom. The van der Waals surface area contributed by atoms with E-state index >= 15 is 0 Å². The topological polar surface area (TPSA) is 46.9 Å². The quantitative estimate of drug-likeness (QED) is 0.768. The van der Waals surface area contributed by atoms with Gasteiger partial charge in [0.25, 0.3) is 5.91 Å². The van der Waals surface area contributed by atoms with Crippen molar-refractivity contribution < 1.29 is 4.79 Å². The zero-order valence-corrected chi connectivity index (χ0v) is 14.1. The van der Waals surface area contributed by atoms with Gasteiger partial charge < -0.3 is 5.32 Å². The van der Waals surface area contributed by atoms with E-state index in [0.29, 0.717) is 29.5 Å². The second-order valence-corrected chi connectivity index (χ2v) is 5.92. The summed E-state index contributed by atoms with van der Waals surface area (Å²) in [5, 5.41) is 7.67. The van der Waals surface area contributed by atoms with Gasteiger partial charge in [-0.15, -0.1) is 0 Å². The number of hydrogen-bond acceptors (Lipinski definition) is 2. The van der Waals surface area contributed by atoms with Crippen LogP contribution in [0.25, 0.3) is 0 Å². The van der Waals surface area contributed by atoms with Crippen LogP contribution in [0.3, 0.4) is 0 Å². The third-order valence-corrected chi connectivity index (χ3v) is 4.15. The van der Waals surface area contributed by atoms with Gasteiger partial charge in [0.2, 0.25) is 0 Å². The van der Waals surface area contributed by atoms with E-state index in [1.807, 2.05) is 60.7 Å². The molecule has 3 aromatic rings. The van der Waals surface area contributed by atoms with Crippen LogP contribution in [0.2, 0.25) is 5.15 Å². The Morgan fingerprint density at radius 1 is 1.04 bits per heavy atom. The Hall–Kier alpha value is -2.59. The largest absolute Gasteiger partial charge is 0.348 e. The second kappa shape index (κ2) is 7.32. The van der Waals surface area contributed by atoms with Gasteiger partial charge in [0.15, 0.2) is 0 Å². The van der Waals surface area contributed by atoms with Gasteiger partial charge in [0.1, 0.15) is 5.15 Å². The number of benzene rings is 2. The molecule has 3 rings (SSSR count). The molecule has 0 radical (unpaired) electrons. The lowest BCUT2D eigenvalue weighted by Gasteiger charge is -2.06. The van der Waals surface area contributed by atoms with E-state index in [2.05, 4.69) is 10.4 Å². The Labute approximate surface area is 146 Å². The number of nitrogens with zero attached hydrogens (tertiary/aromatic N) is 2. The summed E-state index contributed by atoms with van der Waals surface area (Å²) < 4.78 is 1.66. The molecule has 0 aliphatic heterocycles. The monoisotopic (exact) mass is 339 g/mol. The zero-order chi connectivity index (χ0) is 16.9. The summed E-state index contributed by atoms with van der Waals surface area (Å²) in [6.45, 7) is 2.79. The molecule has 24 heavy (non-hydrogen) atoms. The molecule has 0 bridgehead atoms. The number of aromatic nitrogens is 2. The molecule has 1 amide bonds. The summed E-state index contributed by atoms with van der Waals surface area (Å²) in [5.74, 6) is -0.208. The van der Waals surface area contributed by atoms with Crippen LogP contribution in [-0.2, 0) is 13.1 Å². The summed E-state index contributed by atoms with van der Waals surface area (Å²) in [5.41, 5.74) is 3.18. The van der Waals surface area contributed by atoms with Gasteiger partial charge in [-0.25, -0.2) is 4.68 Å². The Morgan fingerprint density at radius 2 is 1.62 bits per heavy atom. The smallest absolute Gasteiger partial charge is 0.256 e. The third kappa shape index (κ3) is 3.66. The van der Waals surface area contributed by atoms with Crippen LogP contribution >= 0.6 is 11.6 Å². The fourth-order valence-corrected chi connectivity index (χ4v) is 2.86. The summed E-state index contributed by atoms with van der Waals surface area (Å²) in [4.78, 5) is 12.5. The summed E-state index contributed by atoms with van der Waals surface area (Å²) in [7, 11) is 0. The maximum atomic E-state index is 12.5. The van der Waals surface area contributed by atoms with E-state index in [9.17, 15) is 4.79 Å². The van der Waals surface area contributed by atoms with Crippen LogP contribution in [0.5, 0.6) is 0 Å². The van der Waals surface area contributed by atoms with Crippen LogP contribution in [0.15, 0.2) is 60.7 Å². The highest BCUT2D eigenvalue weighted by Gasteiger charge is 2.20. The predicted octanol–water partition coefficient (Wildman–Crippen LogP) is 3.82. The molecular formula is C19H18ClN3O. The van der Waals surface area contributed by atoms with Crippen molar-refractivity contribution in [2.75, 3.05) is 0 Å². The average Bonchev–Trinajstić information content (AvgIpc) is 2.88. The molecule has 0 spiro atoms. The van der Waals surface area contributed by atoms with Gasteiger partial charge >= 0.3 is 0 Å². The molecule has 1 N–H and O–H groups in total. The van der Waals surface area contributed by atoms with E-state index in [0.717, 1.165) is 11.1 Å². The van der Waals surface area contributed by atoms with E-state index in [-0.39, 0.29) is 5.91 Å². The van der Waals surface area contributed by atoms with Crippen molar-refractivity contribution in [2.24, 2.45) is 0 Å². The summed E-state index contributed by atoms with van der Waals surface area (Å²) in [6.07, 6.45) is 0. The van der Waals surface area contributed by atoms with E-state index < -0.39 is 0 Å². The predicted molar refractivity (Wildman–Crippen MR) is 95.1 cm³/mol. The Kier molecular flexibility index (Phi) is 4.96. The molecule has 4 nitrogen and oxygen atoms in total. The molecule has 0 saturated heterocycles. The fraction of sp³-hybridized carbons (Fsp3) is 0.158. The number of halogens is 1. The fourth-order valence-electron chi connectivity index (χ4n) is 2.54. The third-order valence-electron chi connectivity index (χ3n) is 3.76. The first-order chi connectivity index (χ1) is 11.6. The van der Waals surface area contributed by atoms with Gasteiger partial charge in [-0.3, -0.25) is 4.79 Å². The number of aryl methyl sites for hydroxylation is 1. The number of rotatable bonds is 5. The molecule has 5 heteroatoms. The second-order valence-electron chi connectivity index (χ2n) is 5.56. The van der Waals surface area contributed by atoms with Crippen molar-refractivity contribution in [3.05, 3.63) is 88.2 Å². The molecular weight excluding hydrogens is 322 g/mol. The lowest BCUT2D eigenvalue weighted by Crippen LogP contribution is -2.23. The highest BCUT2D eigenvalue weighted by molar-refractivity contribution is 6.33. The SMILES string of the molecule is Cc1nn(Cc2ccccc2)c(Cl)c1C(=O)NCc1ccccc1. The highest BCUT2D eigenvalue weighted by Crippen LogP contribution is 2.21. The molecule has 0 atom stereocenters. The van der Waals surface area contributed by atoms with Crippen molar-refractivity contribution in [2.45, 2.75) is 20.0 Å². The van der Waals surface area contributed by atoms with Crippen molar-refractivity contribution >= 4 is 17.5 Å². The normalized spacial score (nSPS) is 10.6. The van der Waals surface area contributed by atoms with E-state index in [1.54, 1.807) is 11.6 Å². The van der Waals surface area contributed by atoms with Crippen molar-refractivity contribution in [1.29, 1.82) is 0 Å². The minimum Gasteiger partial charge on any atom is -0.348 e. The first-order valence-corrected chi connectivity index (χ1v) is 8.12. The molecule has 122 valence electrons. The number of carbonyl (C=O) groups is 1. The van der Waals surface area contributed by atoms with Crippen molar-refractivity contribution in [3.8, 4) is 0 Å². The van der Waals surface area contributed by atoms with Crippen LogP contribution < -0.4 is 5.32 Å². The minimum atomic E-state index is -0.208. The lowest BCUT2D eigenvalue weighted by atomic mass is 10.2. The maximum Gasteiger partial charge on any atom is 0.256 e. The molecule has 2 aromatic carbocycles. The summed E-state index contributed by atoms with van der Waals surface area (Å²) in [6, 6.07) is 19.7. The molecule has 0 fully saturated rings. The molecule has 0 aliphatic carbocycles. The zero-order valence-electron chi connectivity index (χ0n) is 13.4. The molecule has 0 unspecified atom stereocenters. The minimum absolute atomic E-state index is 0.208. The first-order valence-electron chi connectivity index (χ1n) is 7.74. The lowest BCUT2D eigenvalue weighted by molar-refractivity contribution is 0.0950. The van der Waals surface area contributed by atoms with Crippen molar-refractivity contribution in [1.82, 2.24) is 15.1 Å². The van der Waals surface area contributed by atoms with Gasteiger partial charge in [-0.05, 0) is 18.1 Å². The number of hydrogen-bond donors (Lipinski definition) is 1. The van der Waals surface area contributed by atoms with Gasteiger partial charge in [-0.1, -0.05) is 72.3 Å². The average molecular weight is 340 g/mol. The number of amides is 1. The highest BCUT2D eigenvalue weighted by atomic mass is 35.5. The van der Waals surface area contributed by atoms with Crippen LogP contribution in [0, 0.1) is 6.92 Å². The molecule has 0 aliphatic rings. The Bertz CT molecular complexity index is 829. The van der Waals surface area contributed by atoms with Crippen molar-refractivity contribution in [3.63, 3.8) is 0 Å². The van der Waals surface area contributed by atoms with Crippen LogP contribution in [0.1, 0.15) is 27.2 Å². The van der Waals surface area contributed by atoms with Gasteiger partial charge in [0.05, 0.1) is 17.8 Å².